The first-order valence-electron chi connectivity index (χ1n) is 5.27. The molecule has 0 radical (unpaired) electrons. The topological polar surface area (TPSA) is 84.1 Å². The average Bonchev–Trinajstić information content (AvgIpc) is 2.73. The molecule has 0 aliphatic carbocycles. The molecule has 1 aromatic heterocycles. The molecule has 6 nitrogen and oxygen atoms in total. The summed E-state index contributed by atoms with van der Waals surface area (Å²) in [6.45, 7) is 2.17. The normalized spacial score (nSPS) is 18.5. The zero-order valence-corrected chi connectivity index (χ0v) is 9.74. The molecule has 0 saturated carbocycles. The third-order valence-corrected chi connectivity index (χ3v) is 3.28. The van der Waals surface area contributed by atoms with Crippen LogP contribution in [0, 0.1) is 0 Å². The summed E-state index contributed by atoms with van der Waals surface area (Å²) in [4.78, 5) is 12.8. The van der Waals surface area contributed by atoms with Crippen molar-refractivity contribution in [2.24, 2.45) is 5.73 Å². The van der Waals surface area contributed by atoms with Gasteiger partial charge in [-0.2, -0.15) is 0 Å². The fraction of sp³-hybridized carbons (Fsp3) is 0.667. The molecule has 0 bridgehead atoms. The van der Waals surface area contributed by atoms with Gasteiger partial charge in [-0.3, -0.25) is 9.69 Å². The van der Waals surface area contributed by atoms with Crippen molar-refractivity contribution < 1.29 is 4.79 Å². The van der Waals surface area contributed by atoms with Gasteiger partial charge in [-0.25, -0.2) is 0 Å². The number of amides is 1. The minimum Gasteiger partial charge on any atom is -0.369 e. The lowest BCUT2D eigenvalue weighted by Gasteiger charge is -2.31. The predicted octanol–water partition coefficient (Wildman–Crippen LogP) is -0.100. The van der Waals surface area contributed by atoms with Crippen LogP contribution in [0.5, 0.6) is 0 Å². The summed E-state index contributed by atoms with van der Waals surface area (Å²) >= 11 is 1.51. The maximum absolute atomic E-state index is 10.8. The van der Waals surface area contributed by atoms with E-state index in [1.165, 1.54) is 11.3 Å². The van der Waals surface area contributed by atoms with Crippen LogP contribution in [0.3, 0.4) is 0 Å². The number of hydrogen-bond acceptors (Lipinski definition) is 6. The number of anilines is 1. The van der Waals surface area contributed by atoms with E-state index in [0.717, 1.165) is 31.1 Å². The number of hydrogen-bond donors (Lipinski definition) is 2. The van der Waals surface area contributed by atoms with E-state index in [2.05, 4.69) is 20.4 Å². The first kappa shape index (κ1) is 11.3. The van der Waals surface area contributed by atoms with E-state index in [0.29, 0.717) is 12.6 Å². The summed E-state index contributed by atoms with van der Waals surface area (Å²) in [6, 6.07) is 0.428. The third-order valence-electron chi connectivity index (χ3n) is 2.65. The van der Waals surface area contributed by atoms with E-state index in [9.17, 15) is 4.79 Å². The summed E-state index contributed by atoms with van der Waals surface area (Å²) in [5.41, 5.74) is 6.87. The molecular weight excluding hydrogens is 226 g/mol. The van der Waals surface area contributed by atoms with Crippen LogP contribution in [0.2, 0.25) is 0 Å². The highest BCUT2D eigenvalue weighted by atomic mass is 32.1. The van der Waals surface area contributed by atoms with Crippen LogP contribution in [0.25, 0.3) is 0 Å². The summed E-state index contributed by atoms with van der Waals surface area (Å²) in [6.07, 6.45) is 2.01. The SMILES string of the molecule is NC(=O)CN1CCC(Nc2nncs2)CC1. The minimum absolute atomic E-state index is 0.254. The molecule has 0 spiro atoms. The number of carbonyl (C=O) groups excluding carboxylic acids is 1. The van der Waals surface area contributed by atoms with Gasteiger partial charge >= 0.3 is 0 Å². The van der Waals surface area contributed by atoms with Crippen molar-refractivity contribution in [3.05, 3.63) is 5.51 Å². The summed E-state index contributed by atoms with van der Waals surface area (Å²) in [5, 5.41) is 11.9. The molecule has 0 unspecified atom stereocenters. The number of aromatic nitrogens is 2. The van der Waals surface area contributed by atoms with Gasteiger partial charge in [0.15, 0.2) is 0 Å². The molecule has 1 aromatic rings. The molecule has 88 valence electrons. The Morgan fingerprint density at radius 2 is 2.38 bits per heavy atom. The van der Waals surface area contributed by atoms with Crippen molar-refractivity contribution in [1.29, 1.82) is 0 Å². The van der Waals surface area contributed by atoms with Gasteiger partial charge in [-0.15, -0.1) is 10.2 Å². The fourth-order valence-electron chi connectivity index (χ4n) is 1.87. The number of nitrogens with two attached hydrogens (primary N) is 1. The molecule has 1 saturated heterocycles. The van der Waals surface area contributed by atoms with Gasteiger partial charge in [0.2, 0.25) is 11.0 Å². The van der Waals surface area contributed by atoms with Crippen molar-refractivity contribution in [3.8, 4) is 0 Å². The highest BCUT2D eigenvalue weighted by Gasteiger charge is 2.20. The Hall–Kier alpha value is -1.21. The van der Waals surface area contributed by atoms with E-state index in [1.54, 1.807) is 5.51 Å². The molecule has 0 aromatic carbocycles. The highest BCUT2D eigenvalue weighted by Crippen LogP contribution is 2.16. The Kier molecular flexibility index (Phi) is 3.68. The molecule has 2 heterocycles. The van der Waals surface area contributed by atoms with Crippen LogP contribution in [0.1, 0.15) is 12.8 Å². The number of primary amides is 1. The Bertz CT molecular complexity index is 334. The third kappa shape index (κ3) is 3.14. The predicted molar refractivity (Wildman–Crippen MR) is 62.2 cm³/mol. The monoisotopic (exact) mass is 241 g/mol. The molecule has 1 aliphatic rings. The van der Waals surface area contributed by atoms with Crippen LogP contribution < -0.4 is 11.1 Å². The van der Waals surface area contributed by atoms with Crippen LogP contribution in [-0.2, 0) is 4.79 Å². The summed E-state index contributed by atoms with van der Waals surface area (Å²) < 4.78 is 0. The second-order valence-electron chi connectivity index (χ2n) is 3.90. The lowest BCUT2D eigenvalue weighted by molar-refractivity contribution is -0.119. The van der Waals surface area contributed by atoms with E-state index >= 15 is 0 Å². The van der Waals surface area contributed by atoms with Crippen molar-refractivity contribution in [2.45, 2.75) is 18.9 Å². The lowest BCUT2D eigenvalue weighted by Crippen LogP contribution is -2.42. The van der Waals surface area contributed by atoms with Crippen molar-refractivity contribution in [1.82, 2.24) is 15.1 Å². The second-order valence-corrected chi connectivity index (χ2v) is 4.74. The maximum Gasteiger partial charge on any atom is 0.231 e. The fourth-order valence-corrected chi connectivity index (χ4v) is 2.39. The molecule has 7 heteroatoms. The van der Waals surface area contributed by atoms with Crippen molar-refractivity contribution in [2.75, 3.05) is 25.0 Å². The number of rotatable bonds is 4. The van der Waals surface area contributed by atoms with E-state index in [-0.39, 0.29) is 5.91 Å². The van der Waals surface area contributed by atoms with Crippen molar-refractivity contribution in [3.63, 3.8) is 0 Å². The van der Waals surface area contributed by atoms with Crippen LogP contribution in [-0.4, -0.2) is 46.7 Å². The van der Waals surface area contributed by atoms with E-state index in [4.69, 9.17) is 5.73 Å². The summed E-state index contributed by atoms with van der Waals surface area (Å²) in [5.74, 6) is -0.254. The Balaban J connectivity index is 1.75. The number of nitrogens with one attached hydrogen (secondary N) is 1. The number of carbonyl (C=O) groups is 1. The zero-order chi connectivity index (χ0) is 11.4. The lowest BCUT2D eigenvalue weighted by atomic mass is 10.1. The standard InChI is InChI=1S/C9H15N5OS/c10-8(15)5-14-3-1-7(2-4-14)12-9-13-11-6-16-9/h6-7H,1-5H2,(H2,10,15)(H,12,13). The van der Waals surface area contributed by atoms with Gasteiger partial charge in [0.1, 0.15) is 5.51 Å². The number of likely N-dealkylation sites (tertiary alicyclic amines) is 1. The highest BCUT2D eigenvalue weighted by molar-refractivity contribution is 7.13. The van der Waals surface area contributed by atoms with Gasteiger partial charge in [0.05, 0.1) is 6.54 Å². The molecule has 1 aliphatic heterocycles. The largest absolute Gasteiger partial charge is 0.369 e. The molecular formula is C9H15N5OS. The van der Waals surface area contributed by atoms with Gasteiger partial charge in [0.25, 0.3) is 0 Å². The van der Waals surface area contributed by atoms with Crippen LogP contribution >= 0.6 is 11.3 Å². The summed E-state index contributed by atoms with van der Waals surface area (Å²) in [7, 11) is 0. The molecule has 1 fully saturated rings. The Morgan fingerprint density at radius 3 is 2.94 bits per heavy atom. The number of nitrogens with zero attached hydrogens (tertiary/aromatic N) is 3. The maximum atomic E-state index is 10.8. The quantitative estimate of drug-likeness (QED) is 0.769. The van der Waals surface area contributed by atoms with Gasteiger partial charge in [-0.1, -0.05) is 11.3 Å². The molecule has 16 heavy (non-hydrogen) atoms. The van der Waals surface area contributed by atoms with E-state index < -0.39 is 0 Å². The molecule has 2 rings (SSSR count). The molecule has 0 atom stereocenters. The van der Waals surface area contributed by atoms with Gasteiger partial charge in [0, 0.05) is 19.1 Å². The first-order chi connectivity index (χ1) is 7.74. The van der Waals surface area contributed by atoms with Gasteiger partial charge < -0.3 is 11.1 Å². The zero-order valence-electron chi connectivity index (χ0n) is 8.93. The minimum atomic E-state index is -0.254. The second kappa shape index (κ2) is 5.22. The van der Waals surface area contributed by atoms with E-state index in [1.807, 2.05) is 0 Å². The van der Waals surface area contributed by atoms with Crippen LogP contribution in [0.15, 0.2) is 5.51 Å². The first-order valence-corrected chi connectivity index (χ1v) is 6.15. The average molecular weight is 241 g/mol. The Labute approximate surface area is 97.8 Å². The smallest absolute Gasteiger partial charge is 0.231 e. The van der Waals surface area contributed by atoms with Crippen molar-refractivity contribution >= 4 is 22.4 Å². The van der Waals surface area contributed by atoms with Crippen LogP contribution in [0.4, 0.5) is 5.13 Å². The molecule has 1 amide bonds. The molecule has 3 N–H and O–H groups in total. The van der Waals surface area contributed by atoms with Gasteiger partial charge in [-0.05, 0) is 12.8 Å². The Morgan fingerprint density at radius 1 is 1.62 bits per heavy atom. The number of piperidine rings is 1.